The first kappa shape index (κ1) is 20.9. The third kappa shape index (κ3) is 5.03. The maximum Gasteiger partial charge on any atom is 0.274 e. The Labute approximate surface area is 185 Å². The van der Waals surface area contributed by atoms with Gasteiger partial charge >= 0.3 is 0 Å². The molecule has 0 bridgehead atoms. The predicted molar refractivity (Wildman–Crippen MR) is 126 cm³/mol. The van der Waals surface area contributed by atoms with E-state index < -0.39 is 0 Å². The highest BCUT2D eigenvalue weighted by Gasteiger charge is 2.16. The van der Waals surface area contributed by atoms with Crippen molar-refractivity contribution in [3.63, 3.8) is 0 Å². The molecule has 1 heterocycles. The van der Waals surface area contributed by atoms with Gasteiger partial charge in [-0.25, -0.2) is 4.68 Å². The number of amides is 1. The molecule has 6 heteroatoms. The van der Waals surface area contributed by atoms with Gasteiger partial charge in [-0.05, 0) is 30.7 Å². The maximum absolute atomic E-state index is 12.9. The quantitative estimate of drug-likeness (QED) is 0.352. The molecular formula is C25H23N3O2S. The van der Waals surface area contributed by atoms with Gasteiger partial charge in [0.2, 0.25) is 0 Å². The number of carbonyl (C=O) groups is 1. The Balaban J connectivity index is 1.52. The van der Waals surface area contributed by atoms with Crippen molar-refractivity contribution in [2.24, 2.45) is 0 Å². The van der Waals surface area contributed by atoms with Gasteiger partial charge in [-0.15, -0.1) is 11.8 Å². The number of hydrogen-bond acceptors (Lipinski definition) is 4. The van der Waals surface area contributed by atoms with Crippen molar-refractivity contribution in [3.05, 3.63) is 106 Å². The minimum Gasteiger partial charge on any atom is -0.350 e. The largest absolute Gasteiger partial charge is 0.350 e. The molecule has 0 aliphatic carbocycles. The van der Waals surface area contributed by atoms with Gasteiger partial charge < -0.3 is 5.32 Å². The minimum absolute atomic E-state index is 0.203. The molecule has 0 spiro atoms. The third-order valence-electron chi connectivity index (χ3n) is 4.94. The fourth-order valence-corrected chi connectivity index (χ4v) is 4.09. The molecule has 0 fully saturated rings. The summed E-state index contributed by atoms with van der Waals surface area (Å²) in [6, 6.07) is 25.1. The van der Waals surface area contributed by atoms with Gasteiger partial charge in [-0.1, -0.05) is 66.2 Å². The van der Waals surface area contributed by atoms with Crippen LogP contribution in [-0.2, 0) is 6.54 Å². The number of fused-ring (bicyclic) bond motifs is 1. The molecule has 0 saturated heterocycles. The molecule has 156 valence electrons. The van der Waals surface area contributed by atoms with Crippen LogP contribution >= 0.6 is 11.8 Å². The fraction of sp³-hybridized carbons (Fsp3) is 0.160. The van der Waals surface area contributed by atoms with E-state index in [4.69, 9.17) is 0 Å². The molecule has 4 aromatic rings. The molecule has 31 heavy (non-hydrogen) atoms. The van der Waals surface area contributed by atoms with Gasteiger partial charge in [0.1, 0.15) is 0 Å². The first-order valence-electron chi connectivity index (χ1n) is 10.1. The Morgan fingerprint density at radius 2 is 1.61 bits per heavy atom. The van der Waals surface area contributed by atoms with E-state index in [1.165, 1.54) is 15.1 Å². The molecule has 0 aliphatic rings. The van der Waals surface area contributed by atoms with Gasteiger partial charge in [0.05, 0.1) is 11.9 Å². The standard InChI is InChI=1S/C25H23N3O2S/c1-18-11-13-20(14-12-18)31-16-15-26-24(29)23-21-9-5-6-10-22(21)25(30)28(27-23)17-19-7-3-2-4-8-19/h2-14H,15-17H2,1H3,(H,26,29). The zero-order chi connectivity index (χ0) is 21.6. The van der Waals surface area contributed by atoms with E-state index in [1.807, 2.05) is 36.4 Å². The lowest BCUT2D eigenvalue weighted by Gasteiger charge is -2.11. The van der Waals surface area contributed by atoms with Gasteiger partial charge in [-0.3, -0.25) is 9.59 Å². The molecule has 4 rings (SSSR count). The van der Waals surface area contributed by atoms with Gasteiger partial charge in [0.25, 0.3) is 11.5 Å². The van der Waals surface area contributed by atoms with E-state index in [0.717, 1.165) is 11.3 Å². The van der Waals surface area contributed by atoms with Crippen LogP contribution < -0.4 is 10.9 Å². The zero-order valence-electron chi connectivity index (χ0n) is 17.2. The maximum atomic E-state index is 12.9. The number of aromatic nitrogens is 2. The number of carbonyl (C=O) groups excluding carboxylic acids is 1. The lowest BCUT2D eigenvalue weighted by molar-refractivity contribution is 0.0950. The summed E-state index contributed by atoms with van der Waals surface area (Å²) in [5.74, 6) is 0.471. The van der Waals surface area contributed by atoms with E-state index in [0.29, 0.717) is 23.9 Å². The predicted octanol–water partition coefficient (Wildman–Crippen LogP) is 4.28. The second-order valence-corrected chi connectivity index (χ2v) is 8.43. The van der Waals surface area contributed by atoms with E-state index in [1.54, 1.807) is 30.0 Å². The van der Waals surface area contributed by atoms with Crippen molar-refractivity contribution in [3.8, 4) is 0 Å². The molecule has 5 nitrogen and oxygen atoms in total. The number of aryl methyl sites for hydroxylation is 1. The van der Waals surface area contributed by atoms with Crippen molar-refractivity contribution in [2.75, 3.05) is 12.3 Å². The molecule has 1 aromatic heterocycles. The Morgan fingerprint density at radius 3 is 2.35 bits per heavy atom. The Kier molecular flexibility index (Phi) is 6.48. The number of benzene rings is 3. The number of nitrogens with one attached hydrogen (secondary N) is 1. The monoisotopic (exact) mass is 429 g/mol. The van der Waals surface area contributed by atoms with Crippen LogP contribution in [0.4, 0.5) is 0 Å². The van der Waals surface area contributed by atoms with Crippen molar-refractivity contribution in [2.45, 2.75) is 18.4 Å². The SMILES string of the molecule is Cc1ccc(SCCNC(=O)c2nn(Cc3ccccc3)c(=O)c3ccccc23)cc1. The van der Waals surface area contributed by atoms with E-state index in [9.17, 15) is 9.59 Å². The van der Waals surface area contributed by atoms with Crippen LogP contribution in [0.15, 0.2) is 88.6 Å². The second-order valence-electron chi connectivity index (χ2n) is 7.26. The van der Waals surface area contributed by atoms with Crippen LogP contribution in [0.3, 0.4) is 0 Å². The summed E-state index contributed by atoms with van der Waals surface area (Å²) in [4.78, 5) is 27.0. The lowest BCUT2D eigenvalue weighted by atomic mass is 10.1. The first-order chi connectivity index (χ1) is 15.1. The van der Waals surface area contributed by atoms with Gasteiger partial charge in [0.15, 0.2) is 5.69 Å². The molecule has 1 amide bonds. The minimum atomic E-state index is -0.275. The summed E-state index contributed by atoms with van der Waals surface area (Å²) >= 11 is 1.69. The Morgan fingerprint density at radius 1 is 0.935 bits per heavy atom. The van der Waals surface area contributed by atoms with Gasteiger partial charge in [0, 0.05) is 22.6 Å². The van der Waals surface area contributed by atoms with Crippen LogP contribution in [0.1, 0.15) is 21.6 Å². The highest BCUT2D eigenvalue weighted by Crippen LogP contribution is 2.18. The summed E-state index contributed by atoms with van der Waals surface area (Å²) in [5, 5.41) is 8.44. The van der Waals surface area contributed by atoms with Crippen molar-refractivity contribution in [1.82, 2.24) is 15.1 Å². The Bertz CT molecular complexity index is 1250. The lowest BCUT2D eigenvalue weighted by Crippen LogP contribution is -2.32. The zero-order valence-corrected chi connectivity index (χ0v) is 18.1. The van der Waals surface area contributed by atoms with E-state index in [-0.39, 0.29) is 17.2 Å². The third-order valence-corrected chi connectivity index (χ3v) is 5.95. The number of hydrogen-bond donors (Lipinski definition) is 1. The molecule has 0 radical (unpaired) electrons. The van der Waals surface area contributed by atoms with Crippen molar-refractivity contribution < 1.29 is 4.79 Å². The molecule has 3 aromatic carbocycles. The summed E-state index contributed by atoms with van der Waals surface area (Å²) in [6.07, 6.45) is 0. The molecular weight excluding hydrogens is 406 g/mol. The normalized spacial score (nSPS) is 10.9. The molecule has 1 N–H and O–H groups in total. The van der Waals surface area contributed by atoms with E-state index >= 15 is 0 Å². The first-order valence-corrected chi connectivity index (χ1v) is 11.1. The number of nitrogens with zero attached hydrogens (tertiary/aromatic N) is 2. The Hall–Kier alpha value is -3.38. The van der Waals surface area contributed by atoms with Crippen LogP contribution in [0.5, 0.6) is 0 Å². The van der Waals surface area contributed by atoms with Crippen LogP contribution in [0.2, 0.25) is 0 Å². The molecule has 0 atom stereocenters. The fourth-order valence-electron chi connectivity index (χ4n) is 3.32. The summed E-state index contributed by atoms with van der Waals surface area (Å²) in [5.41, 5.74) is 2.24. The van der Waals surface area contributed by atoms with Crippen molar-refractivity contribution >= 4 is 28.4 Å². The van der Waals surface area contributed by atoms with Crippen LogP contribution in [0, 0.1) is 6.92 Å². The average Bonchev–Trinajstić information content (AvgIpc) is 2.80. The van der Waals surface area contributed by atoms with Gasteiger partial charge in [-0.2, -0.15) is 5.10 Å². The number of thioether (sulfide) groups is 1. The highest BCUT2D eigenvalue weighted by atomic mass is 32.2. The smallest absolute Gasteiger partial charge is 0.274 e. The summed E-state index contributed by atoms with van der Waals surface area (Å²) < 4.78 is 1.37. The second kappa shape index (κ2) is 9.62. The molecule has 0 unspecified atom stereocenters. The number of rotatable bonds is 7. The highest BCUT2D eigenvalue weighted by molar-refractivity contribution is 7.99. The average molecular weight is 430 g/mol. The van der Waals surface area contributed by atoms with E-state index in [2.05, 4.69) is 41.6 Å². The van der Waals surface area contributed by atoms with Crippen LogP contribution in [-0.4, -0.2) is 28.0 Å². The molecule has 0 saturated carbocycles. The summed E-state index contributed by atoms with van der Waals surface area (Å²) in [7, 11) is 0. The molecule has 0 aliphatic heterocycles. The van der Waals surface area contributed by atoms with Crippen LogP contribution in [0.25, 0.3) is 10.8 Å². The topological polar surface area (TPSA) is 64.0 Å². The summed E-state index contributed by atoms with van der Waals surface area (Å²) in [6.45, 7) is 2.88. The van der Waals surface area contributed by atoms with Crippen molar-refractivity contribution in [1.29, 1.82) is 0 Å².